The van der Waals surface area contributed by atoms with Gasteiger partial charge in [0.05, 0.1) is 11.2 Å². The highest BCUT2D eigenvalue weighted by atomic mass is 15.0. The summed E-state index contributed by atoms with van der Waals surface area (Å²) in [5.41, 5.74) is 2.78. The Balaban J connectivity index is 2.62. The molecule has 0 aliphatic heterocycles. The van der Waals surface area contributed by atoms with Crippen molar-refractivity contribution >= 4 is 5.52 Å². The number of imidazole rings is 1. The molecule has 18 heavy (non-hydrogen) atoms. The van der Waals surface area contributed by atoms with E-state index in [1.54, 1.807) is 0 Å². The van der Waals surface area contributed by atoms with Crippen molar-refractivity contribution in [1.82, 2.24) is 9.38 Å². The van der Waals surface area contributed by atoms with Crippen LogP contribution < -0.4 is 0 Å². The van der Waals surface area contributed by atoms with Crippen LogP contribution in [0.1, 0.15) is 53.1 Å². The van der Waals surface area contributed by atoms with Crippen LogP contribution in [0.25, 0.3) is 5.52 Å². The minimum absolute atomic E-state index is 0.0860. The molecule has 0 fully saturated rings. The van der Waals surface area contributed by atoms with Gasteiger partial charge < -0.3 is 4.40 Å². The molecule has 0 saturated heterocycles. The standard InChI is InChI=1S/C16H24N2/c1-15(2,3)11-13-17-14(16(4,5)6)12-9-7-8-10-18(12)13/h7-10H,11H2,1-6H3. The summed E-state index contributed by atoms with van der Waals surface area (Å²) in [7, 11) is 0. The minimum Gasteiger partial charge on any atom is -0.303 e. The van der Waals surface area contributed by atoms with E-state index in [0.29, 0.717) is 0 Å². The normalized spacial score (nSPS) is 13.2. The summed E-state index contributed by atoms with van der Waals surface area (Å²) in [6.45, 7) is 13.4. The summed E-state index contributed by atoms with van der Waals surface area (Å²) >= 11 is 0. The van der Waals surface area contributed by atoms with Crippen LogP contribution in [-0.2, 0) is 11.8 Å². The maximum absolute atomic E-state index is 4.91. The third kappa shape index (κ3) is 2.58. The number of pyridine rings is 1. The van der Waals surface area contributed by atoms with Gasteiger partial charge in [0.1, 0.15) is 5.82 Å². The molecule has 0 aliphatic rings. The lowest BCUT2D eigenvalue weighted by Crippen LogP contribution is -2.13. The van der Waals surface area contributed by atoms with Crippen molar-refractivity contribution in [2.75, 3.05) is 0 Å². The van der Waals surface area contributed by atoms with Crippen LogP contribution in [0.2, 0.25) is 0 Å². The third-order valence-electron chi connectivity index (χ3n) is 3.02. The number of hydrogen-bond donors (Lipinski definition) is 0. The van der Waals surface area contributed by atoms with Gasteiger partial charge in [-0.1, -0.05) is 47.6 Å². The number of rotatable bonds is 1. The molecule has 0 aromatic carbocycles. The van der Waals surface area contributed by atoms with Gasteiger partial charge in [0.2, 0.25) is 0 Å². The topological polar surface area (TPSA) is 17.3 Å². The molecule has 0 aliphatic carbocycles. The maximum Gasteiger partial charge on any atom is 0.114 e. The van der Waals surface area contributed by atoms with Gasteiger partial charge in [0.15, 0.2) is 0 Å². The molecule has 2 heterocycles. The monoisotopic (exact) mass is 244 g/mol. The van der Waals surface area contributed by atoms with E-state index in [2.05, 4.69) is 70.3 Å². The van der Waals surface area contributed by atoms with Gasteiger partial charge in [0.25, 0.3) is 0 Å². The highest BCUT2D eigenvalue weighted by Gasteiger charge is 2.24. The molecule has 0 saturated carbocycles. The smallest absolute Gasteiger partial charge is 0.114 e. The quantitative estimate of drug-likeness (QED) is 0.734. The lowest BCUT2D eigenvalue weighted by molar-refractivity contribution is 0.399. The first kappa shape index (κ1) is 13.1. The van der Waals surface area contributed by atoms with Crippen LogP contribution in [0.5, 0.6) is 0 Å². The summed E-state index contributed by atoms with van der Waals surface area (Å²) in [6, 6.07) is 6.33. The zero-order valence-corrected chi connectivity index (χ0v) is 12.4. The molecule has 0 bridgehead atoms. The van der Waals surface area contributed by atoms with E-state index in [0.717, 1.165) is 6.42 Å². The second-order valence-electron chi connectivity index (χ2n) is 7.32. The summed E-state index contributed by atoms with van der Waals surface area (Å²) in [5.74, 6) is 1.17. The van der Waals surface area contributed by atoms with Crippen LogP contribution >= 0.6 is 0 Å². The second kappa shape index (κ2) is 4.11. The Morgan fingerprint density at radius 2 is 1.72 bits per heavy atom. The van der Waals surface area contributed by atoms with E-state index in [9.17, 15) is 0 Å². The Kier molecular flexibility index (Phi) is 3.00. The van der Waals surface area contributed by atoms with Gasteiger partial charge in [-0.3, -0.25) is 0 Å². The number of hydrogen-bond acceptors (Lipinski definition) is 1. The van der Waals surface area contributed by atoms with E-state index in [1.165, 1.54) is 17.0 Å². The van der Waals surface area contributed by atoms with E-state index in [1.807, 2.05) is 0 Å². The van der Waals surface area contributed by atoms with Gasteiger partial charge in [-0.15, -0.1) is 0 Å². The Hall–Kier alpha value is -1.31. The lowest BCUT2D eigenvalue weighted by Gasteiger charge is -2.17. The van der Waals surface area contributed by atoms with Crippen LogP contribution in [0.4, 0.5) is 0 Å². The Morgan fingerprint density at radius 3 is 2.28 bits per heavy atom. The minimum atomic E-state index is 0.0860. The van der Waals surface area contributed by atoms with Crippen molar-refractivity contribution in [3.63, 3.8) is 0 Å². The fraction of sp³-hybridized carbons (Fsp3) is 0.562. The SMILES string of the molecule is CC(C)(C)Cc1nc(C(C)(C)C)c2ccccn12. The molecule has 2 aromatic heterocycles. The van der Waals surface area contributed by atoms with Crippen molar-refractivity contribution in [3.8, 4) is 0 Å². The van der Waals surface area contributed by atoms with E-state index < -0.39 is 0 Å². The molecule has 0 atom stereocenters. The van der Waals surface area contributed by atoms with Crippen molar-refractivity contribution in [1.29, 1.82) is 0 Å². The summed E-state index contributed by atoms with van der Waals surface area (Å²) in [4.78, 5) is 4.91. The average Bonchev–Trinajstić information content (AvgIpc) is 2.55. The van der Waals surface area contributed by atoms with Crippen molar-refractivity contribution < 1.29 is 0 Å². The molecule has 2 aromatic rings. The maximum atomic E-state index is 4.91. The molecular formula is C16H24N2. The van der Waals surface area contributed by atoms with Crippen molar-refractivity contribution in [2.45, 2.75) is 53.4 Å². The van der Waals surface area contributed by atoms with Gasteiger partial charge in [-0.25, -0.2) is 4.98 Å². The van der Waals surface area contributed by atoms with Crippen molar-refractivity contribution in [2.24, 2.45) is 5.41 Å². The summed E-state index contributed by atoms with van der Waals surface area (Å²) < 4.78 is 2.24. The van der Waals surface area contributed by atoms with Crippen LogP contribution in [0.3, 0.4) is 0 Å². The third-order valence-corrected chi connectivity index (χ3v) is 3.02. The predicted molar refractivity (Wildman–Crippen MR) is 77.1 cm³/mol. The first-order chi connectivity index (χ1) is 8.18. The highest BCUT2D eigenvalue weighted by molar-refractivity contribution is 5.55. The molecule has 0 unspecified atom stereocenters. The van der Waals surface area contributed by atoms with E-state index in [4.69, 9.17) is 4.98 Å². The number of aromatic nitrogens is 2. The molecular weight excluding hydrogens is 220 g/mol. The van der Waals surface area contributed by atoms with Crippen LogP contribution in [0, 0.1) is 5.41 Å². The molecule has 0 amide bonds. The first-order valence-corrected chi connectivity index (χ1v) is 6.65. The zero-order valence-electron chi connectivity index (χ0n) is 12.4. The second-order valence-corrected chi connectivity index (χ2v) is 7.32. The van der Waals surface area contributed by atoms with Crippen molar-refractivity contribution in [3.05, 3.63) is 35.9 Å². The summed E-state index contributed by atoms with van der Waals surface area (Å²) in [5, 5.41) is 0. The van der Waals surface area contributed by atoms with Crippen LogP contribution in [-0.4, -0.2) is 9.38 Å². The zero-order chi connectivity index (χ0) is 13.6. The molecule has 2 heteroatoms. The fourth-order valence-electron chi connectivity index (χ4n) is 2.25. The molecule has 0 spiro atoms. The van der Waals surface area contributed by atoms with Gasteiger partial charge in [0, 0.05) is 18.0 Å². The molecule has 2 nitrogen and oxygen atoms in total. The Bertz CT molecular complexity index is 550. The molecule has 98 valence electrons. The average molecular weight is 244 g/mol. The highest BCUT2D eigenvalue weighted by Crippen LogP contribution is 2.29. The summed E-state index contributed by atoms with van der Waals surface area (Å²) in [6.07, 6.45) is 3.12. The lowest BCUT2D eigenvalue weighted by atomic mass is 9.91. The van der Waals surface area contributed by atoms with E-state index in [-0.39, 0.29) is 10.8 Å². The largest absolute Gasteiger partial charge is 0.303 e. The first-order valence-electron chi connectivity index (χ1n) is 6.65. The fourth-order valence-corrected chi connectivity index (χ4v) is 2.25. The molecule has 0 radical (unpaired) electrons. The number of fused-ring (bicyclic) bond motifs is 1. The van der Waals surface area contributed by atoms with Gasteiger partial charge >= 0.3 is 0 Å². The Morgan fingerprint density at radius 1 is 1.06 bits per heavy atom. The van der Waals surface area contributed by atoms with Crippen LogP contribution in [0.15, 0.2) is 24.4 Å². The Labute approximate surface area is 110 Å². The predicted octanol–water partition coefficient (Wildman–Crippen LogP) is 4.22. The van der Waals surface area contributed by atoms with E-state index >= 15 is 0 Å². The van der Waals surface area contributed by atoms with Gasteiger partial charge in [-0.05, 0) is 17.5 Å². The number of nitrogens with zero attached hydrogens (tertiary/aromatic N) is 2. The molecule has 2 rings (SSSR count). The molecule has 0 N–H and O–H groups in total. The van der Waals surface area contributed by atoms with Gasteiger partial charge in [-0.2, -0.15) is 0 Å².